The second-order valence-electron chi connectivity index (χ2n) is 4.51. The number of anilines is 1. The number of hydrogen-bond acceptors (Lipinski definition) is 4. The van der Waals surface area contributed by atoms with E-state index in [4.69, 9.17) is 5.73 Å². The van der Waals surface area contributed by atoms with Crippen LogP contribution in [0.25, 0.3) is 0 Å². The second-order valence-corrected chi connectivity index (χ2v) is 5.52. The molecule has 0 spiro atoms. The predicted octanol–water partition coefficient (Wildman–Crippen LogP) is 2.56. The lowest BCUT2D eigenvalue weighted by Gasteiger charge is -2.17. The van der Waals surface area contributed by atoms with E-state index in [1.807, 2.05) is 13.8 Å². The fourth-order valence-corrected chi connectivity index (χ4v) is 2.59. The zero-order valence-corrected chi connectivity index (χ0v) is 11.1. The molecular weight excluding hydrogens is 206 g/mol. The highest BCUT2D eigenvalue weighted by molar-refractivity contribution is 7.15. The third kappa shape index (κ3) is 3.18. The fourth-order valence-electron chi connectivity index (χ4n) is 1.61. The summed E-state index contributed by atoms with van der Waals surface area (Å²) in [5, 5.41) is 1.08. The van der Waals surface area contributed by atoms with Crippen LogP contribution in [0.2, 0.25) is 0 Å². The van der Waals surface area contributed by atoms with Gasteiger partial charge >= 0.3 is 0 Å². The van der Waals surface area contributed by atoms with Gasteiger partial charge in [0.1, 0.15) is 0 Å². The summed E-state index contributed by atoms with van der Waals surface area (Å²) in [6.45, 7) is 9.49. The molecule has 0 saturated heterocycles. The standard InChI is InChI=1S/C11H21N3S/c1-7(2)6-14(5)11-13-9(4)10(15-11)8(3)12/h7-8H,6,12H2,1-5H3. The summed E-state index contributed by atoms with van der Waals surface area (Å²) in [7, 11) is 2.09. The summed E-state index contributed by atoms with van der Waals surface area (Å²) in [4.78, 5) is 7.95. The summed E-state index contributed by atoms with van der Waals surface area (Å²) >= 11 is 1.71. The molecule has 1 unspecified atom stereocenters. The van der Waals surface area contributed by atoms with E-state index < -0.39 is 0 Å². The quantitative estimate of drug-likeness (QED) is 0.859. The van der Waals surface area contributed by atoms with Crippen molar-refractivity contribution in [3.05, 3.63) is 10.6 Å². The summed E-state index contributed by atoms with van der Waals surface area (Å²) in [5.41, 5.74) is 6.95. The maximum Gasteiger partial charge on any atom is 0.185 e. The molecule has 4 heteroatoms. The monoisotopic (exact) mass is 227 g/mol. The van der Waals surface area contributed by atoms with E-state index >= 15 is 0 Å². The summed E-state index contributed by atoms with van der Waals surface area (Å²) < 4.78 is 0. The molecule has 0 amide bonds. The molecule has 86 valence electrons. The molecule has 0 radical (unpaired) electrons. The van der Waals surface area contributed by atoms with Crippen molar-refractivity contribution in [1.82, 2.24) is 4.98 Å². The summed E-state index contributed by atoms with van der Waals surface area (Å²) in [6.07, 6.45) is 0. The first-order valence-electron chi connectivity index (χ1n) is 5.35. The van der Waals surface area contributed by atoms with Gasteiger partial charge in [0.15, 0.2) is 5.13 Å². The minimum Gasteiger partial charge on any atom is -0.351 e. The minimum atomic E-state index is 0.0868. The highest BCUT2D eigenvalue weighted by Gasteiger charge is 2.14. The minimum absolute atomic E-state index is 0.0868. The first kappa shape index (κ1) is 12.5. The molecule has 1 heterocycles. The van der Waals surface area contributed by atoms with Crippen molar-refractivity contribution >= 4 is 16.5 Å². The number of aryl methyl sites for hydroxylation is 1. The summed E-state index contributed by atoms with van der Waals surface area (Å²) in [5.74, 6) is 0.651. The number of rotatable bonds is 4. The normalized spacial score (nSPS) is 13.3. The topological polar surface area (TPSA) is 42.2 Å². The highest BCUT2D eigenvalue weighted by Crippen LogP contribution is 2.29. The molecule has 1 atom stereocenters. The van der Waals surface area contributed by atoms with Crippen molar-refractivity contribution in [2.75, 3.05) is 18.5 Å². The lowest BCUT2D eigenvalue weighted by atomic mass is 10.2. The number of thiazole rings is 1. The van der Waals surface area contributed by atoms with Gasteiger partial charge in [-0.25, -0.2) is 4.98 Å². The van der Waals surface area contributed by atoms with Crippen LogP contribution in [0.4, 0.5) is 5.13 Å². The van der Waals surface area contributed by atoms with E-state index in [1.165, 1.54) is 4.88 Å². The molecule has 0 aliphatic carbocycles. The van der Waals surface area contributed by atoms with Crippen LogP contribution in [0.15, 0.2) is 0 Å². The molecule has 1 rings (SSSR count). The first-order valence-corrected chi connectivity index (χ1v) is 6.17. The van der Waals surface area contributed by atoms with Gasteiger partial charge in [0, 0.05) is 24.5 Å². The third-order valence-electron chi connectivity index (χ3n) is 2.20. The molecule has 1 aromatic rings. The van der Waals surface area contributed by atoms with Crippen molar-refractivity contribution in [2.24, 2.45) is 11.7 Å². The van der Waals surface area contributed by atoms with Crippen LogP contribution in [0.3, 0.4) is 0 Å². The molecule has 3 nitrogen and oxygen atoms in total. The number of hydrogen-bond donors (Lipinski definition) is 1. The van der Waals surface area contributed by atoms with E-state index in [1.54, 1.807) is 11.3 Å². The van der Waals surface area contributed by atoms with Crippen molar-refractivity contribution in [3.63, 3.8) is 0 Å². The number of nitrogens with zero attached hydrogens (tertiary/aromatic N) is 2. The molecule has 0 aliphatic heterocycles. The van der Waals surface area contributed by atoms with Crippen LogP contribution in [-0.2, 0) is 0 Å². The molecule has 0 bridgehead atoms. The Morgan fingerprint density at radius 2 is 2.00 bits per heavy atom. The van der Waals surface area contributed by atoms with Gasteiger partial charge in [0.25, 0.3) is 0 Å². The fraction of sp³-hybridized carbons (Fsp3) is 0.727. The maximum atomic E-state index is 5.88. The van der Waals surface area contributed by atoms with Gasteiger partial charge in [-0.2, -0.15) is 0 Å². The largest absolute Gasteiger partial charge is 0.351 e. The van der Waals surface area contributed by atoms with Gasteiger partial charge in [0.05, 0.1) is 5.69 Å². The predicted molar refractivity (Wildman–Crippen MR) is 67.6 cm³/mol. The van der Waals surface area contributed by atoms with Gasteiger partial charge in [-0.15, -0.1) is 11.3 Å². The molecule has 0 fully saturated rings. The molecule has 0 saturated carbocycles. The molecule has 0 aliphatic rings. The Hall–Kier alpha value is -0.610. The second kappa shape index (κ2) is 4.94. The van der Waals surface area contributed by atoms with Crippen LogP contribution in [0.1, 0.15) is 37.4 Å². The van der Waals surface area contributed by atoms with Crippen LogP contribution in [-0.4, -0.2) is 18.6 Å². The highest BCUT2D eigenvalue weighted by atomic mass is 32.1. The maximum absolute atomic E-state index is 5.88. The van der Waals surface area contributed by atoms with E-state index in [9.17, 15) is 0 Å². The van der Waals surface area contributed by atoms with Crippen LogP contribution in [0.5, 0.6) is 0 Å². The van der Waals surface area contributed by atoms with Gasteiger partial charge in [0.2, 0.25) is 0 Å². The van der Waals surface area contributed by atoms with Crippen LogP contribution < -0.4 is 10.6 Å². The van der Waals surface area contributed by atoms with Gasteiger partial charge in [-0.3, -0.25) is 0 Å². The molecule has 1 aromatic heterocycles. The summed E-state index contributed by atoms with van der Waals surface area (Å²) in [6, 6.07) is 0.0868. The average Bonchev–Trinajstić information content (AvgIpc) is 2.46. The van der Waals surface area contributed by atoms with Crippen molar-refractivity contribution in [2.45, 2.75) is 33.7 Å². The molecule has 0 aromatic carbocycles. The molecule has 2 N–H and O–H groups in total. The SMILES string of the molecule is Cc1nc(N(C)CC(C)C)sc1C(C)N. The Morgan fingerprint density at radius 3 is 2.40 bits per heavy atom. The van der Waals surface area contributed by atoms with E-state index in [0.29, 0.717) is 5.92 Å². The van der Waals surface area contributed by atoms with E-state index in [2.05, 4.69) is 30.8 Å². The number of aromatic nitrogens is 1. The van der Waals surface area contributed by atoms with Gasteiger partial charge in [-0.1, -0.05) is 13.8 Å². The molecule has 15 heavy (non-hydrogen) atoms. The smallest absolute Gasteiger partial charge is 0.185 e. The Bertz CT molecular complexity index is 318. The van der Waals surface area contributed by atoms with Gasteiger partial charge in [-0.05, 0) is 19.8 Å². The Labute approximate surface area is 96.3 Å². The Morgan fingerprint density at radius 1 is 1.40 bits per heavy atom. The van der Waals surface area contributed by atoms with Crippen LogP contribution >= 0.6 is 11.3 Å². The van der Waals surface area contributed by atoms with E-state index in [0.717, 1.165) is 17.4 Å². The van der Waals surface area contributed by atoms with Crippen molar-refractivity contribution < 1.29 is 0 Å². The van der Waals surface area contributed by atoms with Crippen molar-refractivity contribution in [3.8, 4) is 0 Å². The third-order valence-corrected chi connectivity index (χ3v) is 3.67. The van der Waals surface area contributed by atoms with Crippen LogP contribution in [0, 0.1) is 12.8 Å². The Kier molecular flexibility index (Phi) is 4.11. The zero-order chi connectivity index (χ0) is 11.6. The molecular formula is C11H21N3S. The Balaban J connectivity index is 2.82. The number of nitrogens with two attached hydrogens (primary N) is 1. The van der Waals surface area contributed by atoms with Crippen molar-refractivity contribution in [1.29, 1.82) is 0 Å². The zero-order valence-electron chi connectivity index (χ0n) is 10.2. The average molecular weight is 227 g/mol. The van der Waals surface area contributed by atoms with Gasteiger partial charge < -0.3 is 10.6 Å². The van der Waals surface area contributed by atoms with E-state index in [-0.39, 0.29) is 6.04 Å². The lowest BCUT2D eigenvalue weighted by Crippen LogP contribution is -2.22. The lowest BCUT2D eigenvalue weighted by molar-refractivity contribution is 0.637. The first-order chi connectivity index (χ1) is 6.91.